The van der Waals surface area contributed by atoms with E-state index in [2.05, 4.69) is 47.2 Å². The van der Waals surface area contributed by atoms with E-state index in [4.69, 9.17) is 4.74 Å². The largest absolute Gasteiger partial charge is 0.481 e. The Kier molecular flexibility index (Phi) is 22.0. The first kappa shape index (κ1) is 56.9. The highest BCUT2D eigenvalue weighted by molar-refractivity contribution is 5.98. The molecule has 0 aliphatic carbocycles. The fourth-order valence-electron chi connectivity index (χ4n) is 5.95. The topological polar surface area (TPSA) is 406 Å². The van der Waals surface area contributed by atoms with Crippen molar-refractivity contribution < 1.29 is 78.2 Å². The van der Waals surface area contributed by atoms with Crippen molar-refractivity contribution in [1.82, 2.24) is 52.5 Å². The van der Waals surface area contributed by atoms with E-state index < -0.39 is 145 Å². The highest BCUT2D eigenvalue weighted by Crippen LogP contribution is 2.12. The van der Waals surface area contributed by atoms with Crippen molar-refractivity contribution in [2.45, 2.75) is 134 Å². The number of aromatic nitrogens is 2. The van der Waals surface area contributed by atoms with Crippen LogP contribution in [0.3, 0.4) is 0 Å². The number of imidazole rings is 1. The van der Waals surface area contributed by atoms with Crippen LogP contribution < -0.4 is 42.5 Å². The summed E-state index contributed by atoms with van der Waals surface area (Å²) in [6, 6.07) is -1.72. The molecule has 68 heavy (non-hydrogen) atoms. The number of carboxylic acid groups (broad SMARTS) is 2. The van der Waals surface area contributed by atoms with Gasteiger partial charge in [-0.1, -0.05) is 30.3 Å². The molecule has 2 aromatic rings. The number of aliphatic carboxylic acids is 2. The van der Waals surface area contributed by atoms with Gasteiger partial charge < -0.3 is 77.8 Å². The number of alkyl carbamates (subject to hydrolysis) is 1. The van der Waals surface area contributed by atoms with Crippen LogP contribution in [0.4, 0.5) is 4.79 Å². The molecule has 14 N–H and O–H groups in total. The lowest BCUT2D eigenvalue weighted by atomic mass is 10.0. The minimum atomic E-state index is -1.81. The number of hydrogen-bond donors (Lipinski definition) is 14. The van der Waals surface area contributed by atoms with Gasteiger partial charge in [0.25, 0.3) is 0 Å². The van der Waals surface area contributed by atoms with Gasteiger partial charge in [0, 0.05) is 31.2 Å². The lowest BCUT2D eigenvalue weighted by Gasteiger charge is -2.30. The molecule has 0 saturated heterocycles. The molecule has 2 rings (SSSR count). The summed E-state index contributed by atoms with van der Waals surface area (Å²) in [4.78, 5) is 136. The van der Waals surface area contributed by atoms with E-state index in [1.54, 1.807) is 51.1 Å². The maximum Gasteiger partial charge on any atom is 0.408 e. The quantitative estimate of drug-likeness (QED) is 0.0430. The molecule has 1 aromatic carbocycles. The molecule has 8 atom stereocenters. The highest BCUT2D eigenvalue weighted by Gasteiger charge is 2.37. The van der Waals surface area contributed by atoms with Gasteiger partial charge in [-0.25, -0.2) is 14.6 Å². The molecular formula is C42H62N10O16. The van der Waals surface area contributed by atoms with Crippen molar-refractivity contribution in [3.8, 4) is 0 Å². The summed E-state index contributed by atoms with van der Waals surface area (Å²) < 4.78 is 5.27. The lowest BCUT2D eigenvalue weighted by molar-refractivity contribution is -0.144. The molecule has 1 heterocycles. The van der Waals surface area contributed by atoms with E-state index in [9.17, 15) is 73.5 Å². The van der Waals surface area contributed by atoms with Crippen molar-refractivity contribution in [3.63, 3.8) is 0 Å². The van der Waals surface area contributed by atoms with E-state index in [0.29, 0.717) is 11.3 Å². The summed E-state index contributed by atoms with van der Waals surface area (Å²) in [5.74, 6) is -10.3. The molecule has 376 valence electrons. The van der Waals surface area contributed by atoms with Crippen LogP contribution in [0.25, 0.3) is 0 Å². The van der Waals surface area contributed by atoms with Crippen molar-refractivity contribution in [1.29, 1.82) is 0 Å². The Morgan fingerprint density at radius 3 is 1.78 bits per heavy atom. The van der Waals surface area contributed by atoms with E-state index >= 15 is 0 Å². The number of aliphatic hydroxyl groups is 3. The smallest absolute Gasteiger partial charge is 0.408 e. The second-order valence-corrected chi connectivity index (χ2v) is 17.1. The Hall–Kier alpha value is -7.19. The van der Waals surface area contributed by atoms with Gasteiger partial charge in [-0.2, -0.15) is 0 Å². The molecule has 26 heteroatoms. The number of ether oxygens (including phenoxy) is 1. The van der Waals surface area contributed by atoms with Crippen molar-refractivity contribution in [2.24, 2.45) is 0 Å². The van der Waals surface area contributed by atoms with Gasteiger partial charge in [0.2, 0.25) is 41.4 Å². The molecule has 0 bridgehead atoms. The number of H-pyrrole nitrogens is 1. The van der Waals surface area contributed by atoms with Crippen LogP contribution in [-0.4, -0.2) is 168 Å². The van der Waals surface area contributed by atoms with Gasteiger partial charge in [-0.05, 0) is 60.5 Å². The Labute approximate surface area is 390 Å². The van der Waals surface area contributed by atoms with E-state index in [0.717, 1.165) is 13.8 Å². The van der Waals surface area contributed by atoms with E-state index in [-0.39, 0.29) is 12.8 Å². The summed E-state index contributed by atoms with van der Waals surface area (Å²) in [7, 11) is 0. The number of aliphatic hydroxyl groups excluding tert-OH is 3. The zero-order valence-electron chi connectivity index (χ0n) is 38.6. The molecule has 0 spiro atoms. The fourth-order valence-corrected chi connectivity index (χ4v) is 5.95. The third kappa shape index (κ3) is 19.7. The number of carboxylic acids is 2. The molecule has 0 saturated carbocycles. The Morgan fingerprint density at radius 1 is 0.691 bits per heavy atom. The summed E-state index contributed by atoms with van der Waals surface area (Å²) in [5, 5.41) is 67.1. The average Bonchev–Trinajstić information content (AvgIpc) is 3.76. The van der Waals surface area contributed by atoms with Gasteiger partial charge in [0.1, 0.15) is 47.4 Å². The maximum absolute atomic E-state index is 13.6. The summed E-state index contributed by atoms with van der Waals surface area (Å²) in [6.07, 6.45) is -2.91. The van der Waals surface area contributed by atoms with E-state index in [1.807, 2.05) is 5.32 Å². The van der Waals surface area contributed by atoms with Crippen molar-refractivity contribution >= 4 is 59.4 Å². The monoisotopic (exact) mass is 962 g/mol. The zero-order chi connectivity index (χ0) is 51.5. The van der Waals surface area contributed by atoms with Gasteiger partial charge in [0.15, 0.2) is 0 Å². The van der Waals surface area contributed by atoms with Crippen molar-refractivity contribution in [3.05, 3.63) is 54.1 Å². The van der Waals surface area contributed by atoms with Gasteiger partial charge in [-0.15, -0.1) is 0 Å². The maximum atomic E-state index is 13.6. The van der Waals surface area contributed by atoms with Crippen LogP contribution >= 0.6 is 0 Å². The Bertz CT molecular complexity index is 2080. The molecule has 0 radical (unpaired) electrons. The Morgan fingerprint density at radius 2 is 1.26 bits per heavy atom. The van der Waals surface area contributed by atoms with Crippen LogP contribution in [0.1, 0.15) is 72.6 Å². The SMILES string of the molecule is C[C@@H](O)[C@H](NC(=O)CNC(=O)[C@H](CCC(=O)O)NC(=O)C(C)(C)NC(=O)[C@H](Cc1cnc[nH]1)NC(=O)OC(C)(C)C)C(=O)N[C@@H](Cc1ccccc1)C(=O)N[C@H](C(=O)N[C@@H](CO)C(=O)O)[C@@H](C)O. The van der Waals surface area contributed by atoms with Crippen LogP contribution in [0.5, 0.6) is 0 Å². The van der Waals surface area contributed by atoms with Crippen LogP contribution in [0.15, 0.2) is 42.9 Å². The standard InChI is InChI=1S/C42H62N10O16/c1-21(54)31(36(62)46-26(15-23-11-9-8-10-12-23)34(60)51-32(22(2)55)37(63)47-28(19-53)38(64)65)50-29(56)18-44-33(59)25(13-14-30(57)58)48-39(66)42(6,7)52-35(61)27(16-24-17-43-20-45-24)49-40(67)68-41(3,4)5/h8-12,17,20-22,25-28,31-32,53-55H,13-16,18-19H2,1-7H3,(H,43,45)(H,44,59)(H,46,62)(H,47,63)(H,48,66)(H,49,67)(H,50,56)(H,51,60)(H,52,61)(H,57,58)(H,64,65)/t21-,22-,25+,26+,27+,28+,31+,32+/m1/s1. The van der Waals surface area contributed by atoms with Crippen LogP contribution in [0, 0.1) is 0 Å². The number of carbonyl (C=O) groups excluding carboxylic acids is 8. The first-order valence-electron chi connectivity index (χ1n) is 21.2. The molecule has 0 aliphatic rings. The summed E-state index contributed by atoms with van der Waals surface area (Å²) in [6.45, 7) is 7.70. The minimum absolute atomic E-state index is 0.106. The second kappa shape index (κ2) is 26.2. The number of amides is 8. The number of carbonyl (C=O) groups is 10. The Balaban J connectivity index is 2.22. The average molecular weight is 963 g/mol. The first-order chi connectivity index (χ1) is 31.6. The number of aromatic amines is 1. The number of hydrogen-bond acceptors (Lipinski definition) is 15. The number of rotatable bonds is 26. The third-order valence-corrected chi connectivity index (χ3v) is 9.54. The number of nitrogens with one attached hydrogen (secondary N) is 9. The molecular weight excluding hydrogens is 901 g/mol. The fraction of sp³-hybridized carbons (Fsp3) is 0.548. The first-order valence-corrected chi connectivity index (χ1v) is 21.2. The van der Waals surface area contributed by atoms with Crippen LogP contribution in [-0.2, 0) is 60.7 Å². The molecule has 8 amide bonds. The third-order valence-electron chi connectivity index (χ3n) is 9.54. The lowest BCUT2D eigenvalue weighted by Crippen LogP contribution is -2.62. The normalized spacial score (nSPS) is 14.9. The predicted molar refractivity (Wildman–Crippen MR) is 235 cm³/mol. The molecule has 1 aromatic heterocycles. The number of nitrogens with zero attached hydrogens (tertiary/aromatic N) is 1. The minimum Gasteiger partial charge on any atom is -0.481 e. The summed E-state index contributed by atoms with van der Waals surface area (Å²) >= 11 is 0. The number of benzene rings is 1. The predicted octanol–water partition coefficient (Wildman–Crippen LogP) is -3.77. The molecule has 26 nitrogen and oxygen atoms in total. The second-order valence-electron chi connectivity index (χ2n) is 17.1. The highest BCUT2D eigenvalue weighted by atomic mass is 16.6. The summed E-state index contributed by atoms with van der Waals surface area (Å²) in [5.41, 5.74) is -1.80. The van der Waals surface area contributed by atoms with Crippen LogP contribution in [0.2, 0.25) is 0 Å². The van der Waals surface area contributed by atoms with E-state index in [1.165, 1.54) is 26.4 Å². The molecule has 0 unspecified atom stereocenters. The van der Waals surface area contributed by atoms with Gasteiger partial charge >= 0.3 is 18.0 Å². The molecule has 0 fully saturated rings. The van der Waals surface area contributed by atoms with Gasteiger partial charge in [0.05, 0.1) is 31.7 Å². The van der Waals surface area contributed by atoms with Crippen molar-refractivity contribution in [2.75, 3.05) is 13.2 Å². The zero-order valence-corrected chi connectivity index (χ0v) is 38.6. The van der Waals surface area contributed by atoms with Gasteiger partial charge in [-0.3, -0.25) is 38.4 Å². The molecule has 0 aliphatic heterocycles.